The highest BCUT2D eigenvalue weighted by molar-refractivity contribution is 5.97. The van der Waals surface area contributed by atoms with E-state index >= 15 is 0 Å². The zero-order chi connectivity index (χ0) is 73.7. The van der Waals surface area contributed by atoms with Gasteiger partial charge >= 0.3 is 5.97 Å². The number of hydrogen-bond donors (Lipinski definition) is 7. The SMILES string of the molecule is CCCCNC(=O)C(C)CC(=O)OCc1ccccc1.CCCCNC(=O)C(CC(=O)CC(CC(=O)C(CC(=O)CC(C)C(=O)NCCCC(C)C)CC(=O)NCCCC(C)C)C(=O)NCCN(C)CCN(C)C)CC(=O)NCCN(C)CCN(C)C.CN(C)CCN(C)CCN. The molecule has 0 aliphatic rings. The average molecular weight is 1370 g/mol. The number of nitrogens with zero attached hydrogens (tertiary/aromatic N) is 6. The largest absolute Gasteiger partial charge is 0.461 e. The lowest BCUT2D eigenvalue weighted by molar-refractivity contribution is -0.147. The lowest BCUT2D eigenvalue weighted by Gasteiger charge is -2.23. The van der Waals surface area contributed by atoms with Gasteiger partial charge in [-0.25, -0.2) is 0 Å². The van der Waals surface area contributed by atoms with Crippen molar-refractivity contribution in [3.8, 4) is 0 Å². The van der Waals surface area contributed by atoms with E-state index in [4.69, 9.17) is 10.5 Å². The molecule has 1 aromatic carbocycles. The minimum Gasteiger partial charge on any atom is -0.461 e. The minimum absolute atomic E-state index is 0.0879. The van der Waals surface area contributed by atoms with Gasteiger partial charge in [0.25, 0.3) is 0 Å². The summed E-state index contributed by atoms with van der Waals surface area (Å²) in [5.41, 5.74) is 6.33. The second-order valence-electron chi connectivity index (χ2n) is 28.0. The Hall–Kier alpha value is -5.76. The standard InChI is InChI=1S/C50H95N9O8.C16H23NO3.C7H19N3/c1-13-14-19-54-50(67)42(36-47(64)52-22-24-58(11)28-26-56(7)8)33-44(61)32-41(49(66)55-23-25-59(12)29-27-57(9)10)34-45(62)40(35-46(63)51-20-15-17-37(2)3)31-43(60)30-39(6)48(65)53-21-16-18-38(4)5;1-3-4-10-17-16(19)13(2)11-15(18)20-12-14-8-6-5-7-9-14;1-9(2)6-7-10(3)5-4-8/h37-42H,13-36H2,1-12H3,(H,51,63)(H,52,64)(H,53,65)(H,54,67)(H,55,66);5-9,13H,3-4,10-12H2,1-2H3,(H,17,19);4-8H2,1-3H3. The first-order valence-corrected chi connectivity index (χ1v) is 35.9. The smallest absolute Gasteiger partial charge is 0.306 e. The number of ketones is 3. The van der Waals surface area contributed by atoms with Gasteiger partial charge in [-0.05, 0) is 119 Å². The van der Waals surface area contributed by atoms with Crippen molar-refractivity contribution in [3.05, 3.63) is 35.9 Å². The van der Waals surface area contributed by atoms with Gasteiger partial charge in [0.15, 0.2) is 0 Å². The Morgan fingerprint density at radius 1 is 0.402 bits per heavy atom. The van der Waals surface area contributed by atoms with Crippen LogP contribution in [0.3, 0.4) is 0 Å². The van der Waals surface area contributed by atoms with Crippen LogP contribution in [0.25, 0.3) is 0 Å². The van der Waals surface area contributed by atoms with Gasteiger partial charge in [-0.2, -0.15) is 0 Å². The summed E-state index contributed by atoms with van der Waals surface area (Å²) in [7, 11) is 18.1. The summed E-state index contributed by atoms with van der Waals surface area (Å²) in [5, 5.41) is 17.2. The molecule has 0 fully saturated rings. The molecule has 0 saturated carbocycles. The highest BCUT2D eigenvalue weighted by Gasteiger charge is 2.33. The second-order valence-corrected chi connectivity index (χ2v) is 28.0. The maximum absolute atomic E-state index is 14.3. The zero-order valence-corrected chi connectivity index (χ0v) is 63.5. The highest BCUT2D eigenvalue weighted by Crippen LogP contribution is 2.23. The van der Waals surface area contributed by atoms with Crippen LogP contribution in [0.1, 0.15) is 164 Å². The van der Waals surface area contributed by atoms with Crippen molar-refractivity contribution in [1.29, 1.82) is 0 Å². The lowest BCUT2D eigenvalue weighted by Crippen LogP contribution is -2.41. The molecule has 0 spiro atoms. The Morgan fingerprint density at radius 3 is 1.23 bits per heavy atom. The molecule has 560 valence electrons. The number of unbranched alkanes of at least 4 members (excludes halogenated alkanes) is 2. The van der Waals surface area contributed by atoms with Crippen LogP contribution in [-0.2, 0) is 59.3 Å². The van der Waals surface area contributed by atoms with E-state index in [0.717, 1.165) is 109 Å². The van der Waals surface area contributed by atoms with Crippen LogP contribution in [0.4, 0.5) is 0 Å². The maximum atomic E-state index is 14.3. The lowest BCUT2D eigenvalue weighted by atomic mass is 9.84. The Morgan fingerprint density at radius 2 is 0.773 bits per heavy atom. The number of nitrogens with two attached hydrogens (primary N) is 1. The number of ether oxygens (including phenoxy) is 1. The molecule has 0 bridgehead atoms. The van der Waals surface area contributed by atoms with Crippen molar-refractivity contribution >= 4 is 58.8 Å². The molecule has 24 nitrogen and oxygen atoms in total. The van der Waals surface area contributed by atoms with E-state index in [1.165, 1.54) is 0 Å². The van der Waals surface area contributed by atoms with E-state index < -0.39 is 59.4 Å². The van der Waals surface area contributed by atoms with Crippen LogP contribution in [0.15, 0.2) is 30.3 Å². The topological polar surface area (TPSA) is 298 Å². The second kappa shape index (κ2) is 58.1. The summed E-state index contributed by atoms with van der Waals surface area (Å²) in [6.45, 7) is 26.9. The Bertz CT molecular complexity index is 2330. The van der Waals surface area contributed by atoms with Crippen LogP contribution in [0, 0.1) is 41.4 Å². The molecule has 0 aromatic heterocycles. The number of nitrogens with one attached hydrogen (secondary N) is 6. The van der Waals surface area contributed by atoms with Crippen molar-refractivity contribution in [2.75, 3.05) is 168 Å². The summed E-state index contributed by atoms with van der Waals surface area (Å²) < 4.78 is 5.16. The van der Waals surface area contributed by atoms with Gasteiger partial charge in [0.2, 0.25) is 35.4 Å². The van der Waals surface area contributed by atoms with Crippen molar-refractivity contribution in [2.24, 2.45) is 47.2 Å². The molecule has 8 N–H and O–H groups in total. The summed E-state index contributed by atoms with van der Waals surface area (Å²) in [6.07, 6.45) is 4.99. The molecule has 0 aliphatic carbocycles. The quantitative estimate of drug-likeness (QED) is 0.0323. The predicted octanol–water partition coefficient (Wildman–Crippen LogP) is 5.26. The Kier molecular flexibility index (Phi) is 55.9. The monoisotopic (exact) mass is 1370 g/mol. The fraction of sp³-hybridized carbons (Fsp3) is 0.781. The molecule has 0 aliphatic heterocycles. The average Bonchev–Trinajstić information content (AvgIpc) is 0.950. The van der Waals surface area contributed by atoms with E-state index in [9.17, 15) is 47.9 Å². The van der Waals surface area contributed by atoms with Crippen LogP contribution >= 0.6 is 0 Å². The number of amides is 6. The predicted molar refractivity (Wildman–Crippen MR) is 390 cm³/mol. The first-order valence-electron chi connectivity index (χ1n) is 35.9. The first kappa shape index (κ1) is 93.3. The normalized spacial score (nSPS) is 12.9. The van der Waals surface area contributed by atoms with Gasteiger partial charge in [0.05, 0.1) is 18.3 Å². The van der Waals surface area contributed by atoms with E-state index in [0.29, 0.717) is 57.6 Å². The van der Waals surface area contributed by atoms with E-state index in [2.05, 4.69) is 112 Å². The van der Waals surface area contributed by atoms with Crippen molar-refractivity contribution in [1.82, 2.24) is 61.3 Å². The summed E-state index contributed by atoms with van der Waals surface area (Å²) >= 11 is 0. The van der Waals surface area contributed by atoms with Crippen molar-refractivity contribution < 1.29 is 52.7 Å². The van der Waals surface area contributed by atoms with Crippen LogP contribution in [0.2, 0.25) is 0 Å². The third-order valence-electron chi connectivity index (χ3n) is 16.2. The van der Waals surface area contributed by atoms with E-state index in [1.807, 2.05) is 84.4 Å². The number of Topliss-reactive ketones (excluding diaryl/α,β-unsaturated/α-hetero) is 3. The van der Waals surface area contributed by atoms with Crippen molar-refractivity contribution in [3.63, 3.8) is 0 Å². The highest BCUT2D eigenvalue weighted by atomic mass is 16.5. The van der Waals surface area contributed by atoms with Gasteiger partial charge in [0, 0.05) is 167 Å². The van der Waals surface area contributed by atoms with Gasteiger partial charge in [-0.1, -0.05) is 98.6 Å². The molecule has 0 saturated heterocycles. The summed E-state index contributed by atoms with van der Waals surface area (Å²) in [5.74, 6) is -7.09. The van der Waals surface area contributed by atoms with Crippen LogP contribution in [0.5, 0.6) is 0 Å². The fourth-order valence-electron chi connectivity index (χ4n) is 9.68. The summed E-state index contributed by atoms with van der Waals surface area (Å²) in [6, 6.07) is 9.50. The molecular formula is C73H137N13O11. The molecule has 1 rings (SSSR count). The van der Waals surface area contributed by atoms with Gasteiger partial charge in [-0.3, -0.25) is 47.9 Å². The van der Waals surface area contributed by atoms with Crippen LogP contribution in [-0.4, -0.2) is 256 Å². The van der Waals surface area contributed by atoms with Gasteiger partial charge in [0.1, 0.15) is 24.0 Å². The zero-order valence-electron chi connectivity index (χ0n) is 63.5. The fourth-order valence-corrected chi connectivity index (χ4v) is 9.68. The molecule has 6 amide bonds. The third-order valence-corrected chi connectivity index (χ3v) is 16.2. The number of benzene rings is 1. The first-order chi connectivity index (χ1) is 45.8. The molecule has 24 heteroatoms. The molecule has 1 aromatic rings. The molecule has 0 heterocycles. The minimum atomic E-state index is -1.16. The van der Waals surface area contributed by atoms with Crippen molar-refractivity contribution in [2.45, 2.75) is 165 Å². The molecular weight excluding hydrogens is 1230 g/mol. The van der Waals surface area contributed by atoms with Gasteiger partial charge in [-0.15, -0.1) is 0 Å². The number of likely N-dealkylation sites (N-methyl/N-ethyl adjacent to an activating group) is 6. The molecule has 0 radical (unpaired) electrons. The Balaban J connectivity index is 0. The maximum Gasteiger partial charge on any atom is 0.306 e. The number of carbonyl (C=O) groups is 10. The van der Waals surface area contributed by atoms with E-state index in [-0.39, 0.29) is 93.5 Å². The number of carbonyl (C=O) groups excluding carboxylic acids is 10. The molecule has 5 unspecified atom stereocenters. The summed E-state index contributed by atoms with van der Waals surface area (Å²) in [4.78, 5) is 145. The Labute approximate surface area is 586 Å². The molecule has 5 atom stereocenters. The number of rotatable bonds is 54. The third kappa shape index (κ3) is 54.8. The number of esters is 1. The van der Waals surface area contributed by atoms with E-state index in [1.54, 1.807) is 13.8 Å². The van der Waals surface area contributed by atoms with Gasteiger partial charge < -0.3 is 71.8 Å². The van der Waals surface area contributed by atoms with Crippen LogP contribution < -0.4 is 37.6 Å². The number of hydrogen-bond acceptors (Lipinski definition) is 18. The molecule has 97 heavy (non-hydrogen) atoms.